The van der Waals surface area contributed by atoms with Crippen LogP contribution in [0, 0.1) is 0 Å². The minimum absolute atomic E-state index is 0.153. The lowest BCUT2D eigenvalue weighted by atomic mass is 10.2. The maximum Gasteiger partial charge on any atom is 0.248 e. The Morgan fingerprint density at radius 2 is 1.71 bits per heavy atom. The summed E-state index contributed by atoms with van der Waals surface area (Å²) in [4.78, 5) is 12.3. The van der Waals surface area contributed by atoms with Crippen LogP contribution in [0.3, 0.4) is 0 Å². The number of carbonyl (C=O) groups is 1. The van der Waals surface area contributed by atoms with Crippen LogP contribution in [0.5, 0.6) is 11.5 Å². The molecule has 0 fully saturated rings. The Bertz CT molecular complexity index is 938. The molecule has 1 amide bonds. The number of benzene rings is 2. The number of hydrogen-bond acceptors (Lipinski definition) is 5. The van der Waals surface area contributed by atoms with E-state index < -0.39 is 10.0 Å². The molecule has 0 aliphatic carbocycles. The van der Waals surface area contributed by atoms with Crippen molar-refractivity contribution < 1.29 is 22.7 Å². The van der Waals surface area contributed by atoms with Crippen LogP contribution in [0.2, 0.25) is 0 Å². The van der Waals surface area contributed by atoms with Crippen molar-refractivity contribution >= 4 is 27.7 Å². The van der Waals surface area contributed by atoms with Crippen LogP contribution in [-0.4, -0.2) is 35.1 Å². The Labute approximate surface area is 165 Å². The van der Waals surface area contributed by atoms with E-state index in [1.54, 1.807) is 50.6 Å². The van der Waals surface area contributed by atoms with E-state index in [2.05, 4.69) is 10.0 Å². The second-order valence-corrected chi connectivity index (χ2v) is 7.63. The molecule has 2 rings (SSSR count). The smallest absolute Gasteiger partial charge is 0.248 e. The van der Waals surface area contributed by atoms with E-state index in [1.165, 1.54) is 18.2 Å². The van der Waals surface area contributed by atoms with Crippen LogP contribution in [0.25, 0.3) is 6.08 Å². The standard InChI is InChI=1S/C20H24N2O5S/c1-4-13-21-28(24,25)17-9-7-16(8-10-17)22-20(23)12-6-15-5-11-18(26-2)19(14-15)27-3/h5-12,14,21H,4,13H2,1-3H3,(H,22,23)/b12-6+. The first-order valence-electron chi connectivity index (χ1n) is 8.70. The van der Waals surface area contributed by atoms with Crippen molar-refractivity contribution in [3.8, 4) is 11.5 Å². The van der Waals surface area contributed by atoms with Crippen LogP contribution in [-0.2, 0) is 14.8 Å². The Morgan fingerprint density at radius 1 is 1.04 bits per heavy atom. The quantitative estimate of drug-likeness (QED) is 0.627. The Balaban J connectivity index is 2.02. The van der Waals surface area contributed by atoms with Crippen LogP contribution in [0.15, 0.2) is 53.4 Å². The van der Waals surface area contributed by atoms with Crippen LogP contribution >= 0.6 is 0 Å². The van der Waals surface area contributed by atoms with E-state index in [0.29, 0.717) is 30.2 Å². The highest BCUT2D eigenvalue weighted by Crippen LogP contribution is 2.28. The van der Waals surface area contributed by atoms with E-state index in [9.17, 15) is 13.2 Å². The first kappa shape index (κ1) is 21.5. The highest BCUT2D eigenvalue weighted by atomic mass is 32.2. The summed E-state index contributed by atoms with van der Waals surface area (Å²) in [5, 5.41) is 2.69. The van der Waals surface area contributed by atoms with Gasteiger partial charge in [0.2, 0.25) is 15.9 Å². The number of carbonyl (C=O) groups excluding carboxylic acids is 1. The van der Waals surface area contributed by atoms with Crippen molar-refractivity contribution in [2.45, 2.75) is 18.2 Å². The molecule has 0 heterocycles. The van der Waals surface area contributed by atoms with Crippen molar-refractivity contribution in [3.05, 3.63) is 54.1 Å². The fourth-order valence-electron chi connectivity index (χ4n) is 2.35. The minimum atomic E-state index is -3.53. The molecule has 2 aromatic rings. The zero-order chi connectivity index (χ0) is 20.6. The monoisotopic (exact) mass is 404 g/mol. The molecule has 0 bridgehead atoms. The van der Waals surface area contributed by atoms with Gasteiger partial charge >= 0.3 is 0 Å². The van der Waals surface area contributed by atoms with Gasteiger partial charge in [-0.25, -0.2) is 13.1 Å². The van der Waals surface area contributed by atoms with Crippen LogP contribution < -0.4 is 19.5 Å². The van der Waals surface area contributed by atoms with Gasteiger partial charge in [0.05, 0.1) is 19.1 Å². The number of rotatable bonds is 9. The molecule has 7 nitrogen and oxygen atoms in total. The molecular weight excluding hydrogens is 380 g/mol. The maximum atomic E-state index is 12.1. The Morgan fingerprint density at radius 3 is 2.32 bits per heavy atom. The summed E-state index contributed by atoms with van der Waals surface area (Å²) in [6.45, 7) is 2.26. The Hall–Kier alpha value is -2.84. The average molecular weight is 404 g/mol. The van der Waals surface area contributed by atoms with Gasteiger partial charge in [-0.05, 0) is 54.5 Å². The fraction of sp³-hybridized carbons (Fsp3) is 0.250. The molecule has 0 radical (unpaired) electrons. The predicted octanol–water partition coefficient (Wildman–Crippen LogP) is 3.04. The molecule has 2 aromatic carbocycles. The molecule has 8 heteroatoms. The number of sulfonamides is 1. The molecule has 150 valence electrons. The predicted molar refractivity (Wildman–Crippen MR) is 109 cm³/mol. The molecule has 0 unspecified atom stereocenters. The van der Waals surface area contributed by atoms with Crippen molar-refractivity contribution in [1.29, 1.82) is 0 Å². The van der Waals surface area contributed by atoms with Gasteiger partial charge in [-0.2, -0.15) is 0 Å². The third-order valence-electron chi connectivity index (χ3n) is 3.81. The Kier molecular flexibility index (Phi) is 7.60. The third-order valence-corrected chi connectivity index (χ3v) is 5.29. The molecule has 0 aliphatic heterocycles. The van der Waals surface area contributed by atoms with Crippen LogP contribution in [0.4, 0.5) is 5.69 Å². The number of methoxy groups -OCH3 is 2. The summed E-state index contributed by atoms with van der Waals surface area (Å²) in [5.41, 5.74) is 1.27. The van der Waals surface area contributed by atoms with Gasteiger partial charge in [0.15, 0.2) is 11.5 Å². The molecular formula is C20H24N2O5S. The lowest BCUT2D eigenvalue weighted by Gasteiger charge is -2.08. The zero-order valence-electron chi connectivity index (χ0n) is 16.1. The minimum Gasteiger partial charge on any atom is -0.493 e. The summed E-state index contributed by atoms with van der Waals surface area (Å²) in [6, 6.07) is 11.3. The second kappa shape index (κ2) is 9.91. The summed E-state index contributed by atoms with van der Waals surface area (Å²) >= 11 is 0. The van der Waals surface area contributed by atoms with E-state index in [4.69, 9.17) is 9.47 Å². The van der Waals surface area contributed by atoms with Crippen molar-refractivity contribution in [2.24, 2.45) is 0 Å². The van der Waals surface area contributed by atoms with Gasteiger partial charge in [0.1, 0.15) is 0 Å². The average Bonchev–Trinajstić information content (AvgIpc) is 2.71. The molecule has 0 saturated heterocycles. The van der Waals surface area contributed by atoms with Crippen molar-refractivity contribution in [1.82, 2.24) is 4.72 Å². The fourth-order valence-corrected chi connectivity index (χ4v) is 3.48. The third kappa shape index (κ3) is 5.83. The van der Waals surface area contributed by atoms with Gasteiger partial charge in [0, 0.05) is 18.3 Å². The largest absolute Gasteiger partial charge is 0.493 e. The zero-order valence-corrected chi connectivity index (χ0v) is 16.9. The molecule has 0 aliphatic rings. The number of nitrogens with one attached hydrogen (secondary N) is 2. The topological polar surface area (TPSA) is 93.7 Å². The van der Waals surface area contributed by atoms with Gasteiger partial charge in [-0.3, -0.25) is 4.79 Å². The lowest BCUT2D eigenvalue weighted by Crippen LogP contribution is -2.24. The number of ether oxygens (including phenoxy) is 2. The summed E-state index contributed by atoms with van der Waals surface area (Å²) < 4.78 is 37.0. The van der Waals surface area contributed by atoms with Crippen molar-refractivity contribution in [2.75, 3.05) is 26.1 Å². The summed E-state index contributed by atoms with van der Waals surface area (Å²) in [5.74, 6) is 0.834. The maximum absolute atomic E-state index is 12.1. The summed E-state index contributed by atoms with van der Waals surface area (Å²) in [7, 11) is -0.431. The van der Waals surface area contributed by atoms with Crippen LogP contribution in [0.1, 0.15) is 18.9 Å². The molecule has 0 aromatic heterocycles. The van der Waals surface area contributed by atoms with Gasteiger partial charge in [0.25, 0.3) is 0 Å². The lowest BCUT2D eigenvalue weighted by molar-refractivity contribution is -0.111. The van der Waals surface area contributed by atoms with E-state index >= 15 is 0 Å². The highest BCUT2D eigenvalue weighted by Gasteiger charge is 2.12. The molecule has 2 N–H and O–H groups in total. The van der Waals surface area contributed by atoms with E-state index in [0.717, 1.165) is 5.56 Å². The number of amides is 1. The first-order chi connectivity index (χ1) is 13.4. The van der Waals surface area contributed by atoms with E-state index in [-0.39, 0.29) is 10.8 Å². The van der Waals surface area contributed by atoms with Gasteiger partial charge in [-0.15, -0.1) is 0 Å². The van der Waals surface area contributed by atoms with Gasteiger partial charge < -0.3 is 14.8 Å². The highest BCUT2D eigenvalue weighted by molar-refractivity contribution is 7.89. The summed E-state index contributed by atoms with van der Waals surface area (Å²) in [6.07, 6.45) is 3.74. The molecule has 28 heavy (non-hydrogen) atoms. The second-order valence-electron chi connectivity index (χ2n) is 5.86. The van der Waals surface area contributed by atoms with Gasteiger partial charge in [-0.1, -0.05) is 13.0 Å². The number of anilines is 1. The molecule has 0 atom stereocenters. The first-order valence-corrected chi connectivity index (χ1v) is 10.2. The number of hydrogen-bond donors (Lipinski definition) is 2. The SMILES string of the molecule is CCCNS(=O)(=O)c1ccc(NC(=O)/C=C/c2ccc(OC)c(OC)c2)cc1. The molecule has 0 spiro atoms. The normalized spacial score (nSPS) is 11.4. The van der Waals surface area contributed by atoms with E-state index in [1.807, 2.05) is 6.92 Å². The van der Waals surface area contributed by atoms with Crippen molar-refractivity contribution in [3.63, 3.8) is 0 Å². The molecule has 0 saturated carbocycles.